The molecule has 0 bridgehead atoms. The summed E-state index contributed by atoms with van der Waals surface area (Å²) in [5.74, 6) is 0.657. The summed E-state index contributed by atoms with van der Waals surface area (Å²) in [6.45, 7) is 0. The van der Waals surface area contributed by atoms with Gasteiger partial charge >= 0.3 is 0 Å². The van der Waals surface area contributed by atoms with Crippen LogP contribution in [0.25, 0.3) is 10.9 Å². The van der Waals surface area contributed by atoms with Crippen molar-refractivity contribution in [1.29, 1.82) is 0 Å². The van der Waals surface area contributed by atoms with Crippen molar-refractivity contribution in [3.63, 3.8) is 0 Å². The van der Waals surface area contributed by atoms with Gasteiger partial charge in [0.05, 0.1) is 16.8 Å². The number of nitrogens with zero attached hydrogens (tertiary/aromatic N) is 1. The molecule has 72 valence electrons. The van der Waals surface area contributed by atoms with Crippen molar-refractivity contribution >= 4 is 28.2 Å². The Morgan fingerprint density at radius 1 is 1.50 bits per heavy atom. The fourth-order valence-electron chi connectivity index (χ4n) is 1.27. The topological polar surface area (TPSA) is 71.8 Å². The number of nitrogens with two attached hydrogens (primary N) is 1. The molecule has 0 aliphatic carbocycles. The van der Waals surface area contributed by atoms with Crippen LogP contribution in [-0.2, 0) is 5.88 Å². The number of rotatable bonds is 1. The summed E-state index contributed by atoms with van der Waals surface area (Å²) < 4.78 is 0. The average Bonchev–Trinajstić information content (AvgIpc) is 2.19. The van der Waals surface area contributed by atoms with Gasteiger partial charge in [0.2, 0.25) is 0 Å². The molecule has 0 amide bonds. The summed E-state index contributed by atoms with van der Waals surface area (Å²) >= 11 is 5.57. The average molecular weight is 210 g/mol. The number of nitrogens with one attached hydrogen (secondary N) is 1. The van der Waals surface area contributed by atoms with Crippen LogP contribution in [0.4, 0.5) is 5.69 Å². The number of fused-ring (bicyclic) bond motifs is 1. The standard InChI is InChI=1S/C9H8ClN3O/c10-4-8-12-7-2-1-5(11)3-6(7)9(14)13-8/h1-3H,4,11H2,(H,12,13,14). The molecule has 0 atom stereocenters. The first-order valence-electron chi connectivity index (χ1n) is 4.05. The Bertz CT molecular complexity index is 535. The van der Waals surface area contributed by atoms with E-state index in [1.165, 1.54) is 0 Å². The fourth-order valence-corrected chi connectivity index (χ4v) is 1.39. The molecule has 0 aliphatic rings. The van der Waals surface area contributed by atoms with Gasteiger partial charge in [0.1, 0.15) is 5.82 Å². The van der Waals surface area contributed by atoms with E-state index in [2.05, 4.69) is 9.97 Å². The number of aromatic nitrogens is 2. The zero-order chi connectivity index (χ0) is 10.1. The molecule has 0 saturated heterocycles. The first-order chi connectivity index (χ1) is 6.70. The zero-order valence-corrected chi connectivity index (χ0v) is 8.01. The molecule has 0 spiro atoms. The lowest BCUT2D eigenvalue weighted by Gasteiger charge is -2.00. The molecule has 0 fully saturated rings. The van der Waals surface area contributed by atoms with Gasteiger partial charge in [0.15, 0.2) is 0 Å². The minimum absolute atomic E-state index is 0.190. The quantitative estimate of drug-likeness (QED) is 0.548. The number of halogens is 1. The van der Waals surface area contributed by atoms with Gasteiger partial charge in [-0.3, -0.25) is 4.79 Å². The molecule has 2 rings (SSSR count). The number of aromatic amines is 1. The smallest absolute Gasteiger partial charge is 0.258 e. The molecule has 1 heterocycles. The van der Waals surface area contributed by atoms with Crippen molar-refractivity contribution < 1.29 is 0 Å². The summed E-state index contributed by atoms with van der Waals surface area (Å²) in [5.41, 5.74) is 6.50. The number of hydrogen-bond acceptors (Lipinski definition) is 3. The predicted molar refractivity (Wildman–Crippen MR) is 56.3 cm³/mol. The highest BCUT2D eigenvalue weighted by Gasteiger charge is 2.02. The number of nitrogen functional groups attached to an aromatic ring is 1. The molecule has 14 heavy (non-hydrogen) atoms. The summed E-state index contributed by atoms with van der Waals surface area (Å²) in [6, 6.07) is 5.00. The first kappa shape index (κ1) is 9.02. The zero-order valence-electron chi connectivity index (χ0n) is 7.25. The summed E-state index contributed by atoms with van der Waals surface area (Å²) in [7, 11) is 0. The molecule has 3 N–H and O–H groups in total. The summed E-state index contributed by atoms with van der Waals surface area (Å²) in [6.07, 6.45) is 0. The molecule has 1 aromatic carbocycles. The molecule has 0 radical (unpaired) electrons. The third-order valence-corrected chi connectivity index (χ3v) is 2.16. The molecule has 0 saturated carbocycles. The maximum atomic E-state index is 11.5. The maximum Gasteiger partial charge on any atom is 0.258 e. The molecule has 2 aromatic rings. The van der Waals surface area contributed by atoms with E-state index in [4.69, 9.17) is 17.3 Å². The Hall–Kier alpha value is -1.55. The van der Waals surface area contributed by atoms with Gasteiger partial charge in [-0.1, -0.05) is 0 Å². The molecular formula is C9H8ClN3O. The number of alkyl halides is 1. The van der Waals surface area contributed by atoms with Crippen LogP contribution in [0.3, 0.4) is 0 Å². The Kier molecular flexibility index (Phi) is 2.13. The lowest BCUT2D eigenvalue weighted by molar-refractivity contribution is 1.04. The van der Waals surface area contributed by atoms with Crippen molar-refractivity contribution in [2.24, 2.45) is 0 Å². The summed E-state index contributed by atoms with van der Waals surface area (Å²) in [5, 5.41) is 0.485. The highest BCUT2D eigenvalue weighted by atomic mass is 35.5. The van der Waals surface area contributed by atoms with Crippen molar-refractivity contribution in [1.82, 2.24) is 9.97 Å². The number of anilines is 1. The van der Waals surface area contributed by atoms with Crippen molar-refractivity contribution in [2.45, 2.75) is 5.88 Å². The van der Waals surface area contributed by atoms with Crippen LogP contribution in [0.15, 0.2) is 23.0 Å². The van der Waals surface area contributed by atoms with Crippen LogP contribution in [0.1, 0.15) is 5.82 Å². The largest absolute Gasteiger partial charge is 0.399 e. The Labute approximate surface area is 84.7 Å². The summed E-state index contributed by atoms with van der Waals surface area (Å²) in [4.78, 5) is 18.2. The van der Waals surface area contributed by atoms with E-state index in [-0.39, 0.29) is 11.4 Å². The molecule has 0 unspecified atom stereocenters. The van der Waals surface area contributed by atoms with Gasteiger partial charge in [-0.15, -0.1) is 11.6 Å². The maximum absolute atomic E-state index is 11.5. The van der Waals surface area contributed by atoms with Crippen LogP contribution in [0.5, 0.6) is 0 Å². The molecule has 0 aliphatic heterocycles. The van der Waals surface area contributed by atoms with Crippen LogP contribution in [0.2, 0.25) is 0 Å². The first-order valence-corrected chi connectivity index (χ1v) is 4.58. The fraction of sp³-hybridized carbons (Fsp3) is 0.111. The molecule has 4 nitrogen and oxygen atoms in total. The number of H-pyrrole nitrogens is 1. The van der Waals surface area contributed by atoms with Crippen molar-refractivity contribution in [3.8, 4) is 0 Å². The van der Waals surface area contributed by atoms with E-state index >= 15 is 0 Å². The normalized spacial score (nSPS) is 10.6. The minimum atomic E-state index is -0.210. The van der Waals surface area contributed by atoms with Crippen LogP contribution in [-0.4, -0.2) is 9.97 Å². The van der Waals surface area contributed by atoms with E-state index in [1.807, 2.05) is 0 Å². The van der Waals surface area contributed by atoms with E-state index in [0.29, 0.717) is 22.4 Å². The molecular weight excluding hydrogens is 202 g/mol. The van der Waals surface area contributed by atoms with E-state index in [0.717, 1.165) is 0 Å². The van der Waals surface area contributed by atoms with Crippen molar-refractivity contribution in [3.05, 3.63) is 34.4 Å². The monoisotopic (exact) mass is 209 g/mol. The van der Waals surface area contributed by atoms with Gasteiger partial charge in [-0.2, -0.15) is 0 Å². The second-order valence-electron chi connectivity index (χ2n) is 2.92. The van der Waals surface area contributed by atoms with Gasteiger partial charge in [-0.25, -0.2) is 4.98 Å². The minimum Gasteiger partial charge on any atom is -0.399 e. The third-order valence-electron chi connectivity index (χ3n) is 1.91. The second-order valence-corrected chi connectivity index (χ2v) is 3.19. The molecule has 1 aromatic heterocycles. The van der Waals surface area contributed by atoms with Gasteiger partial charge in [-0.05, 0) is 18.2 Å². The molecule has 5 heteroatoms. The Balaban J connectivity index is 2.83. The van der Waals surface area contributed by atoms with Crippen LogP contribution >= 0.6 is 11.6 Å². The van der Waals surface area contributed by atoms with Crippen LogP contribution < -0.4 is 11.3 Å². The van der Waals surface area contributed by atoms with Gasteiger partial charge < -0.3 is 10.7 Å². The van der Waals surface area contributed by atoms with E-state index in [9.17, 15) is 4.79 Å². The van der Waals surface area contributed by atoms with E-state index < -0.39 is 0 Å². The highest BCUT2D eigenvalue weighted by Crippen LogP contribution is 2.11. The Morgan fingerprint density at radius 2 is 2.29 bits per heavy atom. The van der Waals surface area contributed by atoms with Gasteiger partial charge in [0, 0.05) is 5.69 Å². The lowest BCUT2D eigenvalue weighted by Crippen LogP contribution is -2.11. The highest BCUT2D eigenvalue weighted by molar-refractivity contribution is 6.16. The van der Waals surface area contributed by atoms with Crippen LogP contribution in [0, 0.1) is 0 Å². The predicted octanol–water partition coefficient (Wildman–Crippen LogP) is 1.24. The third kappa shape index (κ3) is 1.44. The number of benzene rings is 1. The lowest BCUT2D eigenvalue weighted by atomic mass is 10.2. The van der Waals surface area contributed by atoms with E-state index in [1.54, 1.807) is 18.2 Å². The van der Waals surface area contributed by atoms with Gasteiger partial charge in [0.25, 0.3) is 5.56 Å². The second kappa shape index (κ2) is 3.31. The number of hydrogen-bond donors (Lipinski definition) is 2. The van der Waals surface area contributed by atoms with Crippen molar-refractivity contribution in [2.75, 3.05) is 5.73 Å². The Morgan fingerprint density at radius 3 is 3.00 bits per heavy atom. The SMILES string of the molecule is Nc1ccc2nc(CCl)[nH]c(=O)c2c1.